The normalized spacial score (nSPS) is 35.9. The molecule has 5 heteroatoms. The third-order valence-electron chi connectivity index (χ3n) is 5.61. The van der Waals surface area contributed by atoms with Gasteiger partial charge in [-0.2, -0.15) is 0 Å². The predicted octanol–water partition coefficient (Wildman–Crippen LogP) is 1.09. The molecule has 0 radical (unpaired) electrons. The number of aliphatic carboxylic acids is 1. The number of hydrogen-bond acceptors (Lipinski definition) is 3. The number of nitrogens with zero attached hydrogens (tertiary/aromatic N) is 1. The summed E-state index contributed by atoms with van der Waals surface area (Å²) in [7, 11) is 0. The number of amides is 1. The number of piperidine rings is 2. The molecule has 0 aromatic heterocycles. The van der Waals surface area contributed by atoms with E-state index < -0.39 is 11.4 Å². The average molecular weight is 280 g/mol. The third-order valence-corrected chi connectivity index (χ3v) is 5.61. The number of likely N-dealkylation sites (tertiary alicyclic amines) is 1. The Balaban J connectivity index is 1.65. The van der Waals surface area contributed by atoms with Crippen molar-refractivity contribution in [1.29, 1.82) is 0 Å². The van der Waals surface area contributed by atoms with E-state index in [0.717, 1.165) is 45.3 Å². The molecular weight excluding hydrogens is 256 g/mol. The predicted molar refractivity (Wildman–Crippen MR) is 74.2 cm³/mol. The van der Waals surface area contributed by atoms with Crippen molar-refractivity contribution >= 4 is 11.9 Å². The maximum Gasteiger partial charge on any atom is 0.311 e. The molecule has 1 amide bonds. The lowest BCUT2D eigenvalue weighted by molar-refractivity contribution is -0.154. The van der Waals surface area contributed by atoms with E-state index in [9.17, 15) is 14.7 Å². The zero-order chi connectivity index (χ0) is 14.4. The molecule has 1 saturated carbocycles. The molecule has 0 aromatic rings. The van der Waals surface area contributed by atoms with Crippen LogP contribution in [0.15, 0.2) is 0 Å². The highest BCUT2D eigenvalue weighted by Gasteiger charge is 2.59. The van der Waals surface area contributed by atoms with Crippen molar-refractivity contribution in [1.82, 2.24) is 10.2 Å². The lowest BCUT2D eigenvalue weighted by atomic mass is 9.81. The number of carbonyl (C=O) groups is 2. The minimum absolute atomic E-state index is 0.153. The van der Waals surface area contributed by atoms with Gasteiger partial charge in [0.25, 0.3) is 0 Å². The fourth-order valence-corrected chi connectivity index (χ4v) is 4.00. The zero-order valence-electron chi connectivity index (χ0n) is 12.2. The molecule has 2 atom stereocenters. The van der Waals surface area contributed by atoms with Crippen LogP contribution in [-0.4, -0.2) is 48.1 Å². The SMILES string of the molecule is CC1(C(=O)O)CCCN(C(=O)C2CC23CCNCC3)C1. The first kappa shape index (κ1) is 13.9. The van der Waals surface area contributed by atoms with Gasteiger partial charge in [-0.15, -0.1) is 0 Å². The average Bonchev–Trinajstić information content (AvgIpc) is 3.12. The molecule has 2 heterocycles. The molecule has 3 aliphatic rings. The van der Waals surface area contributed by atoms with E-state index in [1.807, 2.05) is 4.90 Å². The summed E-state index contributed by atoms with van der Waals surface area (Å²) in [4.78, 5) is 25.9. The summed E-state index contributed by atoms with van der Waals surface area (Å²) in [6, 6.07) is 0. The van der Waals surface area contributed by atoms with Crippen molar-refractivity contribution < 1.29 is 14.7 Å². The first-order chi connectivity index (χ1) is 9.47. The molecule has 0 aromatic carbocycles. The quantitative estimate of drug-likeness (QED) is 0.794. The summed E-state index contributed by atoms with van der Waals surface area (Å²) < 4.78 is 0. The van der Waals surface area contributed by atoms with Crippen LogP contribution >= 0.6 is 0 Å². The van der Waals surface area contributed by atoms with E-state index in [1.54, 1.807) is 6.92 Å². The monoisotopic (exact) mass is 280 g/mol. The Morgan fingerprint density at radius 3 is 2.60 bits per heavy atom. The van der Waals surface area contributed by atoms with Crippen LogP contribution in [0.1, 0.15) is 39.0 Å². The van der Waals surface area contributed by atoms with Crippen molar-refractivity contribution in [2.75, 3.05) is 26.2 Å². The summed E-state index contributed by atoms with van der Waals surface area (Å²) in [6.45, 7) is 4.90. The van der Waals surface area contributed by atoms with Crippen molar-refractivity contribution in [2.45, 2.75) is 39.0 Å². The Morgan fingerprint density at radius 2 is 1.95 bits per heavy atom. The van der Waals surface area contributed by atoms with E-state index in [0.29, 0.717) is 13.0 Å². The Morgan fingerprint density at radius 1 is 1.25 bits per heavy atom. The highest BCUT2D eigenvalue weighted by molar-refractivity contribution is 5.84. The second-order valence-corrected chi connectivity index (χ2v) is 7.10. The Bertz CT molecular complexity index is 431. The Labute approximate surface area is 119 Å². The molecule has 2 N–H and O–H groups in total. The maximum absolute atomic E-state index is 12.7. The van der Waals surface area contributed by atoms with Gasteiger partial charge in [-0.3, -0.25) is 9.59 Å². The van der Waals surface area contributed by atoms with Gasteiger partial charge in [0.05, 0.1) is 5.41 Å². The maximum atomic E-state index is 12.7. The number of hydrogen-bond donors (Lipinski definition) is 2. The lowest BCUT2D eigenvalue weighted by Crippen LogP contribution is -2.49. The summed E-state index contributed by atoms with van der Waals surface area (Å²) in [6.07, 6.45) is 4.66. The standard InChI is InChI=1S/C15H24N2O3/c1-14(13(19)20)3-2-8-17(10-14)12(18)11-9-15(11)4-6-16-7-5-15/h11,16H,2-10H2,1H3,(H,19,20). The van der Waals surface area contributed by atoms with E-state index in [-0.39, 0.29) is 17.2 Å². The minimum atomic E-state index is -0.776. The van der Waals surface area contributed by atoms with Gasteiger partial charge in [-0.25, -0.2) is 0 Å². The second kappa shape index (κ2) is 4.72. The Hall–Kier alpha value is -1.10. The van der Waals surface area contributed by atoms with E-state index in [1.165, 1.54) is 0 Å². The number of nitrogens with one attached hydrogen (secondary N) is 1. The van der Waals surface area contributed by atoms with Gasteiger partial charge in [0, 0.05) is 19.0 Å². The Kier molecular flexibility index (Phi) is 3.27. The van der Waals surface area contributed by atoms with Gasteiger partial charge >= 0.3 is 5.97 Å². The summed E-state index contributed by atoms with van der Waals surface area (Å²) in [5.41, 5.74) is -0.524. The van der Waals surface area contributed by atoms with Crippen LogP contribution in [0.2, 0.25) is 0 Å². The molecule has 0 bridgehead atoms. The molecule has 5 nitrogen and oxygen atoms in total. The van der Waals surface area contributed by atoms with Crippen LogP contribution < -0.4 is 5.32 Å². The molecule has 3 rings (SSSR count). The highest BCUT2D eigenvalue weighted by atomic mass is 16.4. The highest BCUT2D eigenvalue weighted by Crippen LogP contribution is 2.59. The number of carboxylic acids is 1. The summed E-state index contributed by atoms with van der Waals surface area (Å²) >= 11 is 0. The van der Waals surface area contributed by atoms with Crippen molar-refractivity contribution in [2.24, 2.45) is 16.7 Å². The van der Waals surface area contributed by atoms with Crippen molar-refractivity contribution in [3.05, 3.63) is 0 Å². The fraction of sp³-hybridized carbons (Fsp3) is 0.867. The van der Waals surface area contributed by atoms with Crippen LogP contribution in [0.5, 0.6) is 0 Å². The minimum Gasteiger partial charge on any atom is -0.481 e. The molecule has 1 spiro atoms. The number of rotatable bonds is 2. The zero-order valence-corrected chi connectivity index (χ0v) is 12.2. The molecule has 1 aliphatic carbocycles. The van der Waals surface area contributed by atoms with Gasteiger partial charge in [-0.05, 0) is 57.5 Å². The second-order valence-electron chi connectivity index (χ2n) is 7.10. The van der Waals surface area contributed by atoms with E-state index in [4.69, 9.17) is 0 Å². The first-order valence-electron chi connectivity index (χ1n) is 7.70. The molecule has 112 valence electrons. The fourth-order valence-electron chi connectivity index (χ4n) is 4.00. The molecule has 3 fully saturated rings. The van der Waals surface area contributed by atoms with E-state index >= 15 is 0 Å². The molecular formula is C15H24N2O3. The summed E-state index contributed by atoms with van der Waals surface area (Å²) in [5, 5.41) is 12.7. The van der Waals surface area contributed by atoms with Crippen LogP contribution in [-0.2, 0) is 9.59 Å². The van der Waals surface area contributed by atoms with Gasteiger partial charge in [0.1, 0.15) is 0 Å². The number of carboxylic acid groups (broad SMARTS) is 1. The molecule has 20 heavy (non-hydrogen) atoms. The number of carbonyl (C=O) groups excluding carboxylic acids is 1. The molecule has 2 unspecified atom stereocenters. The van der Waals surface area contributed by atoms with Crippen LogP contribution in [0, 0.1) is 16.7 Å². The molecule has 2 aliphatic heterocycles. The third kappa shape index (κ3) is 2.22. The van der Waals surface area contributed by atoms with Gasteiger partial charge in [0.15, 0.2) is 0 Å². The molecule has 2 saturated heterocycles. The first-order valence-corrected chi connectivity index (χ1v) is 7.70. The largest absolute Gasteiger partial charge is 0.481 e. The van der Waals surface area contributed by atoms with Crippen LogP contribution in [0.3, 0.4) is 0 Å². The van der Waals surface area contributed by atoms with Crippen LogP contribution in [0.25, 0.3) is 0 Å². The van der Waals surface area contributed by atoms with Gasteiger partial charge in [-0.1, -0.05) is 0 Å². The smallest absolute Gasteiger partial charge is 0.311 e. The lowest BCUT2D eigenvalue weighted by Gasteiger charge is -2.38. The topological polar surface area (TPSA) is 69.6 Å². The van der Waals surface area contributed by atoms with E-state index in [2.05, 4.69) is 5.32 Å². The summed E-state index contributed by atoms with van der Waals surface area (Å²) in [5.74, 6) is -0.415. The van der Waals surface area contributed by atoms with Crippen molar-refractivity contribution in [3.8, 4) is 0 Å². The van der Waals surface area contributed by atoms with Gasteiger partial charge < -0.3 is 15.3 Å². The van der Waals surface area contributed by atoms with Crippen molar-refractivity contribution in [3.63, 3.8) is 0 Å². The van der Waals surface area contributed by atoms with Gasteiger partial charge in [0.2, 0.25) is 5.91 Å². The van der Waals surface area contributed by atoms with Crippen LogP contribution in [0.4, 0.5) is 0 Å².